The smallest absolute Gasteiger partial charge is 0.358 e. The monoisotopic (exact) mass is 295 g/mol. The first-order valence-corrected chi connectivity index (χ1v) is 8.49. The summed E-state index contributed by atoms with van der Waals surface area (Å²) >= 11 is 0. The fraction of sp³-hybridized carbons (Fsp3) is 0.625. The maximum Gasteiger partial charge on any atom is 0.358 e. The van der Waals surface area contributed by atoms with Gasteiger partial charge in [-0.25, -0.2) is 13.2 Å². The van der Waals surface area contributed by atoms with E-state index in [9.17, 15) is 17.4 Å². The van der Waals surface area contributed by atoms with E-state index in [0.717, 1.165) is 6.26 Å². The van der Waals surface area contributed by atoms with Crippen LogP contribution in [0.5, 0.6) is 0 Å². The maximum atomic E-state index is 11.5. The highest BCUT2D eigenvalue weighted by atomic mass is 32.2. The molecule has 0 amide bonds. The molecule has 0 radical (unpaired) electrons. The van der Waals surface area contributed by atoms with Crippen molar-refractivity contribution < 1.29 is 22.5 Å². The Kier molecular flexibility index (Phi) is 4.96. The molecule has 0 aromatic carbocycles. The number of hydrogen-bond donors (Lipinski definition) is 1. The fourth-order valence-electron chi connectivity index (χ4n) is 1.05. The molecule has 1 aromatic heterocycles. The highest BCUT2D eigenvalue weighted by Gasteiger charge is 2.10. The molecule has 1 rings (SSSR count). The van der Waals surface area contributed by atoms with E-state index in [1.54, 1.807) is 0 Å². The van der Waals surface area contributed by atoms with Gasteiger partial charge in [0.2, 0.25) is 0 Å². The zero-order valence-corrected chi connectivity index (χ0v) is 11.3. The predicted molar refractivity (Wildman–Crippen MR) is 64.6 cm³/mol. The summed E-state index contributed by atoms with van der Waals surface area (Å²) in [6.07, 6.45) is 2.32. The molecule has 10 heteroatoms. The lowest BCUT2D eigenvalue weighted by Gasteiger charge is -2.01. The molecule has 1 unspecified atom stereocenters. The molecule has 0 aliphatic carbocycles. The van der Waals surface area contributed by atoms with E-state index < -0.39 is 26.6 Å². The standard InChI is InChI=1S/C8H13N3O5S2/c1-18(15,16)5-4-17(14)3-2-11-6-7(8(12)13)9-10-11/h6H,2-5H2,1H3,(H,12,13). The second-order valence-corrected chi connectivity index (χ2v) is 7.61. The minimum Gasteiger partial charge on any atom is -0.476 e. The van der Waals surface area contributed by atoms with E-state index in [2.05, 4.69) is 10.3 Å². The van der Waals surface area contributed by atoms with Gasteiger partial charge in [-0.3, -0.25) is 8.89 Å². The number of carboxylic acid groups (broad SMARTS) is 1. The van der Waals surface area contributed by atoms with Gasteiger partial charge in [-0.1, -0.05) is 5.21 Å². The Morgan fingerprint density at radius 1 is 1.50 bits per heavy atom. The molecule has 0 aliphatic rings. The average Bonchev–Trinajstić information content (AvgIpc) is 2.71. The molecule has 1 N–H and O–H groups in total. The molecule has 0 fully saturated rings. The van der Waals surface area contributed by atoms with Crippen molar-refractivity contribution in [3.63, 3.8) is 0 Å². The topological polar surface area (TPSA) is 119 Å². The van der Waals surface area contributed by atoms with Crippen LogP contribution in [0.2, 0.25) is 0 Å². The lowest BCUT2D eigenvalue weighted by Crippen LogP contribution is -2.16. The fourth-order valence-corrected chi connectivity index (χ4v) is 3.60. The summed E-state index contributed by atoms with van der Waals surface area (Å²) in [5, 5.41) is 15.6. The van der Waals surface area contributed by atoms with Crippen molar-refractivity contribution in [2.45, 2.75) is 6.54 Å². The van der Waals surface area contributed by atoms with Crippen LogP contribution < -0.4 is 0 Å². The van der Waals surface area contributed by atoms with Gasteiger partial charge < -0.3 is 5.11 Å². The molecular formula is C8H13N3O5S2. The normalized spacial score (nSPS) is 13.4. The minimum atomic E-state index is -3.11. The highest BCUT2D eigenvalue weighted by Crippen LogP contribution is 1.95. The first-order chi connectivity index (χ1) is 8.28. The third-order valence-corrected chi connectivity index (χ3v) is 4.49. The number of nitrogens with zero attached hydrogens (tertiary/aromatic N) is 3. The number of carboxylic acids is 1. The van der Waals surface area contributed by atoms with Crippen molar-refractivity contribution in [3.8, 4) is 0 Å². The molecule has 0 aliphatic heterocycles. The van der Waals surface area contributed by atoms with Gasteiger partial charge >= 0.3 is 5.97 Å². The Morgan fingerprint density at radius 3 is 2.67 bits per heavy atom. The van der Waals surface area contributed by atoms with Gasteiger partial charge in [0, 0.05) is 28.6 Å². The molecule has 1 atom stereocenters. The van der Waals surface area contributed by atoms with Gasteiger partial charge in [0.05, 0.1) is 18.5 Å². The zero-order chi connectivity index (χ0) is 13.8. The SMILES string of the molecule is CS(=O)(=O)CCS(=O)CCn1cc(C(=O)O)nn1. The Hall–Kier alpha value is -1.29. The van der Waals surface area contributed by atoms with Gasteiger partial charge in [0.15, 0.2) is 5.69 Å². The highest BCUT2D eigenvalue weighted by molar-refractivity contribution is 7.92. The first kappa shape index (κ1) is 14.8. The lowest BCUT2D eigenvalue weighted by molar-refractivity contribution is 0.0690. The molecular weight excluding hydrogens is 282 g/mol. The molecule has 1 heterocycles. The van der Waals surface area contributed by atoms with Crippen molar-refractivity contribution >= 4 is 26.6 Å². The largest absolute Gasteiger partial charge is 0.476 e. The summed E-state index contributed by atoms with van der Waals surface area (Å²) < 4.78 is 34.5. The van der Waals surface area contributed by atoms with Crippen LogP contribution in [0.15, 0.2) is 6.20 Å². The van der Waals surface area contributed by atoms with E-state index in [1.807, 2.05) is 0 Å². The Balaban J connectivity index is 2.40. The van der Waals surface area contributed by atoms with Crippen molar-refractivity contribution in [1.82, 2.24) is 15.0 Å². The molecule has 18 heavy (non-hydrogen) atoms. The van der Waals surface area contributed by atoms with Gasteiger partial charge in [-0.05, 0) is 0 Å². The summed E-state index contributed by atoms with van der Waals surface area (Å²) in [5.41, 5.74) is -0.183. The van der Waals surface area contributed by atoms with Crippen LogP contribution in [-0.2, 0) is 27.2 Å². The minimum absolute atomic E-state index is 0.0688. The number of aromatic carboxylic acids is 1. The van der Waals surface area contributed by atoms with E-state index in [0.29, 0.717) is 0 Å². The number of hydrogen-bond acceptors (Lipinski definition) is 6. The summed E-state index contributed by atoms with van der Waals surface area (Å²) in [4.78, 5) is 10.5. The third kappa shape index (κ3) is 5.36. The quantitative estimate of drug-likeness (QED) is 0.668. The predicted octanol–water partition coefficient (Wildman–Crippen LogP) is -1.23. The molecule has 1 aromatic rings. The second kappa shape index (κ2) is 6.05. The van der Waals surface area contributed by atoms with E-state index in [-0.39, 0.29) is 29.5 Å². The van der Waals surface area contributed by atoms with E-state index in [4.69, 9.17) is 5.11 Å². The van der Waals surface area contributed by atoms with Crippen LogP contribution in [0.4, 0.5) is 0 Å². The van der Waals surface area contributed by atoms with Gasteiger partial charge in [-0.2, -0.15) is 0 Å². The molecule has 102 valence electrons. The van der Waals surface area contributed by atoms with Gasteiger partial charge in [-0.15, -0.1) is 5.10 Å². The van der Waals surface area contributed by atoms with Crippen molar-refractivity contribution in [2.24, 2.45) is 0 Å². The van der Waals surface area contributed by atoms with E-state index >= 15 is 0 Å². The molecule has 8 nitrogen and oxygen atoms in total. The van der Waals surface area contributed by atoms with Crippen LogP contribution in [0.25, 0.3) is 0 Å². The third-order valence-electron chi connectivity index (χ3n) is 1.99. The van der Waals surface area contributed by atoms with Crippen molar-refractivity contribution in [1.29, 1.82) is 0 Å². The summed E-state index contributed by atoms with van der Waals surface area (Å²) in [6, 6.07) is 0. The van der Waals surface area contributed by atoms with Crippen LogP contribution in [0.3, 0.4) is 0 Å². The van der Waals surface area contributed by atoms with Crippen molar-refractivity contribution in [2.75, 3.05) is 23.5 Å². The maximum absolute atomic E-state index is 11.5. The van der Waals surface area contributed by atoms with E-state index in [1.165, 1.54) is 10.9 Å². The number of aryl methyl sites for hydroxylation is 1. The van der Waals surface area contributed by atoms with Crippen molar-refractivity contribution in [3.05, 3.63) is 11.9 Å². The van der Waals surface area contributed by atoms with Gasteiger partial charge in [0.1, 0.15) is 9.84 Å². The van der Waals surface area contributed by atoms with Gasteiger partial charge in [0.25, 0.3) is 0 Å². The Bertz CT molecular complexity index is 551. The summed E-state index contributed by atoms with van der Waals surface area (Å²) in [5.74, 6) is -1.03. The number of sulfone groups is 1. The number of aromatic nitrogens is 3. The molecule has 0 spiro atoms. The van der Waals surface area contributed by atoms with Crippen LogP contribution in [0.1, 0.15) is 10.5 Å². The lowest BCUT2D eigenvalue weighted by atomic mass is 10.5. The number of rotatable bonds is 7. The Morgan fingerprint density at radius 2 is 2.17 bits per heavy atom. The molecule has 0 bridgehead atoms. The summed E-state index contributed by atoms with van der Waals surface area (Å²) in [6.45, 7) is 0.233. The first-order valence-electron chi connectivity index (χ1n) is 4.94. The van der Waals surface area contributed by atoms with Crippen LogP contribution in [-0.4, -0.2) is 62.2 Å². The molecule has 0 saturated carbocycles. The summed E-state index contributed by atoms with van der Waals surface area (Å²) in [7, 11) is -4.40. The van der Waals surface area contributed by atoms with Crippen LogP contribution >= 0.6 is 0 Å². The molecule has 0 saturated heterocycles. The zero-order valence-electron chi connectivity index (χ0n) is 9.64. The second-order valence-electron chi connectivity index (χ2n) is 3.65. The average molecular weight is 295 g/mol. The number of carbonyl (C=O) groups is 1. The van der Waals surface area contributed by atoms with Crippen LogP contribution in [0, 0.1) is 0 Å². The Labute approximate surface area is 106 Å².